The van der Waals surface area contributed by atoms with Crippen molar-refractivity contribution in [3.8, 4) is 22.6 Å². The van der Waals surface area contributed by atoms with E-state index in [1.54, 1.807) is 36.4 Å². The zero-order valence-electron chi connectivity index (χ0n) is 24.2. The topological polar surface area (TPSA) is 122 Å². The van der Waals surface area contributed by atoms with Crippen LogP contribution in [0.2, 0.25) is 0 Å². The third kappa shape index (κ3) is 7.45. The molecule has 44 heavy (non-hydrogen) atoms. The highest BCUT2D eigenvalue weighted by molar-refractivity contribution is 7.89. The van der Waals surface area contributed by atoms with Gasteiger partial charge in [-0.25, -0.2) is 13.6 Å². The number of hydrogen-bond donors (Lipinski definition) is 1. The number of hydrogen-bond acceptors (Lipinski definition) is 8. The van der Waals surface area contributed by atoms with Crippen molar-refractivity contribution in [3.63, 3.8) is 0 Å². The van der Waals surface area contributed by atoms with Crippen molar-refractivity contribution in [1.82, 2.24) is 0 Å². The van der Waals surface area contributed by atoms with Crippen molar-refractivity contribution >= 4 is 32.5 Å². The van der Waals surface area contributed by atoms with Crippen LogP contribution in [-0.4, -0.2) is 45.6 Å². The van der Waals surface area contributed by atoms with Gasteiger partial charge in [0, 0.05) is 45.5 Å². The minimum absolute atomic E-state index is 0.0207. The van der Waals surface area contributed by atoms with E-state index in [1.807, 2.05) is 80.7 Å². The Labute approximate surface area is 256 Å². The van der Waals surface area contributed by atoms with Crippen molar-refractivity contribution in [1.29, 1.82) is 0 Å². The van der Waals surface area contributed by atoms with Gasteiger partial charge in [0.1, 0.15) is 36.9 Å². The molecule has 0 spiro atoms. The van der Waals surface area contributed by atoms with Crippen LogP contribution in [0.5, 0.6) is 11.5 Å². The first-order valence-electron chi connectivity index (χ1n) is 14.0. The van der Waals surface area contributed by atoms with Crippen LogP contribution in [0.25, 0.3) is 21.9 Å². The SMILES string of the molecule is CCON=C=C1C=CC(Oc2ccc(-c3ccc4ccccc4c3S(N)(=O)=O)c(OC3C=CC(=C=NOCC)C=C3)c2)C=C1. The van der Waals surface area contributed by atoms with Crippen LogP contribution in [0.4, 0.5) is 0 Å². The summed E-state index contributed by atoms with van der Waals surface area (Å²) in [4.78, 5) is 9.99. The minimum atomic E-state index is -4.11. The van der Waals surface area contributed by atoms with E-state index in [2.05, 4.69) is 22.1 Å². The van der Waals surface area contributed by atoms with E-state index in [0.717, 1.165) is 16.5 Å². The first-order valence-corrected chi connectivity index (χ1v) is 15.6. The highest BCUT2D eigenvalue weighted by Gasteiger charge is 2.23. The van der Waals surface area contributed by atoms with Gasteiger partial charge in [0.25, 0.3) is 0 Å². The predicted octanol–water partition coefficient (Wildman–Crippen LogP) is 6.00. The van der Waals surface area contributed by atoms with E-state index in [1.165, 1.54) is 0 Å². The van der Waals surface area contributed by atoms with Gasteiger partial charge in [0.05, 0.1) is 4.90 Å². The molecule has 0 aromatic heterocycles. The Morgan fingerprint density at radius 3 is 1.91 bits per heavy atom. The second-order valence-electron chi connectivity index (χ2n) is 9.62. The largest absolute Gasteiger partial charge is 0.482 e. The molecular weight excluding hydrogens is 578 g/mol. The first kappa shape index (κ1) is 30.4. The number of benzene rings is 3. The van der Waals surface area contributed by atoms with Crippen molar-refractivity contribution in [2.24, 2.45) is 15.5 Å². The minimum Gasteiger partial charge on any atom is -0.482 e. The van der Waals surface area contributed by atoms with Gasteiger partial charge in [-0.1, -0.05) is 36.4 Å². The van der Waals surface area contributed by atoms with E-state index in [4.69, 9.17) is 24.3 Å². The molecule has 0 aliphatic heterocycles. The van der Waals surface area contributed by atoms with Crippen LogP contribution in [0.15, 0.2) is 130 Å². The molecule has 5 rings (SSSR count). The van der Waals surface area contributed by atoms with E-state index >= 15 is 0 Å². The molecule has 2 N–H and O–H groups in total. The Balaban J connectivity index is 1.52. The zero-order valence-corrected chi connectivity index (χ0v) is 25.0. The van der Waals surface area contributed by atoms with Gasteiger partial charge in [0.2, 0.25) is 10.0 Å². The molecule has 0 radical (unpaired) electrons. The molecule has 2 aliphatic rings. The molecule has 9 nitrogen and oxygen atoms in total. The van der Waals surface area contributed by atoms with Gasteiger partial charge in [-0.15, -0.1) is 0 Å². The molecule has 224 valence electrons. The summed E-state index contributed by atoms with van der Waals surface area (Å²) in [6.07, 6.45) is 13.9. The van der Waals surface area contributed by atoms with E-state index in [9.17, 15) is 8.42 Å². The summed E-state index contributed by atoms with van der Waals surface area (Å²) in [6, 6.07) is 16.1. The van der Waals surface area contributed by atoms with Crippen molar-refractivity contribution in [3.05, 3.63) is 114 Å². The number of nitrogens with two attached hydrogens (primary N) is 1. The van der Waals surface area contributed by atoms with Gasteiger partial charge in [-0.05, 0) is 90.3 Å². The lowest BCUT2D eigenvalue weighted by Crippen LogP contribution is -2.16. The van der Waals surface area contributed by atoms with Crippen molar-refractivity contribution in [2.75, 3.05) is 13.2 Å². The van der Waals surface area contributed by atoms with Crippen molar-refractivity contribution in [2.45, 2.75) is 31.0 Å². The van der Waals surface area contributed by atoms with Crippen LogP contribution in [-0.2, 0) is 19.7 Å². The fourth-order valence-electron chi connectivity index (χ4n) is 4.60. The number of fused-ring (bicyclic) bond motifs is 1. The van der Waals surface area contributed by atoms with Crippen LogP contribution < -0.4 is 14.6 Å². The number of nitrogens with zero attached hydrogens (tertiary/aromatic N) is 2. The summed E-state index contributed by atoms with van der Waals surface area (Å²) in [5.41, 5.74) is 2.43. The third-order valence-electron chi connectivity index (χ3n) is 6.54. The highest BCUT2D eigenvalue weighted by atomic mass is 32.2. The molecular formula is C34H31N3O6S. The maximum Gasteiger partial charge on any atom is 0.239 e. The van der Waals surface area contributed by atoms with Gasteiger partial charge < -0.3 is 19.1 Å². The summed E-state index contributed by atoms with van der Waals surface area (Å²) in [7, 11) is -4.11. The van der Waals surface area contributed by atoms with Gasteiger partial charge >= 0.3 is 0 Å². The third-order valence-corrected chi connectivity index (χ3v) is 7.55. The molecule has 0 atom stereocenters. The molecule has 0 fully saturated rings. The fraction of sp³-hybridized carbons (Fsp3) is 0.176. The molecule has 0 bridgehead atoms. The average Bonchev–Trinajstić information content (AvgIpc) is 3.02. The maximum absolute atomic E-state index is 12.9. The molecule has 0 amide bonds. The Morgan fingerprint density at radius 1 is 0.750 bits per heavy atom. The predicted molar refractivity (Wildman–Crippen MR) is 171 cm³/mol. The van der Waals surface area contributed by atoms with Gasteiger partial charge in [-0.2, -0.15) is 0 Å². The molecule has 0 heterocycles. The van der Waals surface area contributed by atoms with E-state index < -0.39 is 16.1 Å². The summed E-state index contributed by atoms with van der Waals surface area (Å²) < 4.78 is 38.5. The quantitative estimate of drug-likeness (QED) is 0.222. The maximum atomic E-state index is 12.9. The highest BCUT2D eigenvalue weighted by Crippen LogP contribution is 2.40. The monoisotopic (exact) mass is 609 g/mol. The number of sulfonamides is 1. The zero-order chi connectivity index (χ0) is 30.9. The van der Waals surface area contributed by atoms with E-state index in [-0.39, 0.29) is 11.0 Å². The molecule has 0 saturated carbocycles. The molecule has 0 saturated heterocycles. The molecule has 3 aromatic carbocycles. The van der Waals surface area contributed by atoms with Crippen LogP contribution in [0.3, 0.4) is 0 Å². The molecule has 10 heteroatoms. The number of ether oxygens (including phenoxy) is 2. The number of primary sulfonamides is 1. The number of rotatable bonds is 10. The molecule has 2 aliphatic carbocycles. The summed E-state index contributed by atoms with van der Waals surface area (Å²) in [6.45, 7) is 4.60. The smallest absolute Gasteiger partial charge is 0.239 e. The van der Waals surface area contributed by atoms with Gasteiger partial charge in [-0.3, -0.25) is 0 Å². The molecule has 3 aromatic rings. The lowest BCUT2D eigenvalue weighted by Gasteiger charge is -2.21. The van der Waals surface area contributed by atoms with E-state index in [0.29, 0.717) is 41.2 Å². The Kier molecular flexibility index (Phi) is 9.59. The summed E-state index contributed by atoms with van der Waals surface area (Å²) in [5, 5.41) is 14.6. The van der Waals surface area contributed by atoms with Gasteiger partial charge in [0.15, 0.2) is 0 Å². The Bertz CT molecular complexity index is 1880. The molecule has 0 unspecified atom stereocenters. The Morgan fingerprint density at radius 2 is 1.32 bits per heavy atom. The fourth-order valence-corrected chi connectivity index (χ4v) is 5.58. The van der Waals surface area contributed by atoms with Crippen LogP contribution in [0, 0.1) is 0 Å². The lowest BCUT2D eigenvalue weighted by atomic mass is 9.99. The second kappa shape index (κ2) is 13.9. The summed E-state index contributed by atoms with van der Waals surface area (Å²) >= 11 is 0. The standard InChI is InChI=1S/C34H31N3O6S/c1-3-40-36-22-24-9-14-27(15-10-24)42-29-18-20-31(32-19-13-26-7-5-6-8-30(26)34(32)44(35,38)39)33(21-29)43-28-16-11-25(12-17-28)23-37-41-4-2/h5-21,27-28H,3-4H2,1-2H3,(H2,35,38,39). The van der Waals surface area contributed by atoms with Crippen LogP contribution >= 0.6 is 0 Å². The first-order chi connectivity index (χ1) is 21.4. The average molecular weight is 610 g/mol. The number of allylic oxidation sites excluding steroid dienone is 6. The second-order valence-corrected chi connectivity index (χ2v) is 11.1. The normalized spacial score (nSPS) is 17.2. The lowest BCUT2D eigenvalue weighted by molar-refractivity contribution is 0.161. The van der Waals surface area contributed by atoms with Crippen LogP contribution in [0.1, 0.15) is 13.8 Å². The van der Waals surface area contributed by atoms with Crippen molar-refractivity contribution < 1.29 is 27.6 Å². The Hall–Kier alpha value is -5.11. The summed E-state index contributed by atoms with van der Waals surface area (Å²) in [5.74, 6) is 6.55.